The molecule has 1 aromatic rings. The van der Waals surface area contributed by atoms with Crippen molar-refractivity contribution in [1.82, 2.24) is 20.2 Å². The van der Waals surface area contributed by atoms with E-state index in [2.05, 4.69) is 25.1 Å². The van der Waals surface area contributed by atoms with E-state index in [9.17, 15) is 4.79 Å². The summed E-state index contributed by atoms with van der Waals surface area (Å²) < 4.78 is 0. The second-order valence-corrected chi connectivity index (χ2v) is 7.79. The SMILES string of the molecule is CN(C)c1nccc(N2CCN(C(=O)C3CC34CCNCC4)CC2)n1. The molecule has 4 rings (SSSR count). The van der Waals surface area contributed by atoms with Crippen LogP contribution in [0, 0.1) is 11.3 Å². The molecule has 1 spiro atoms. The molecule has 7 heteroatoms. The molecule has 1 amide bonds. The molecule has 2 saturated heterocycles. The van der Waals surface area contributed by atoms with E-state index < -0.39 is 0 Å². The van der Waals surface area contributed by atoms with Crippen molar-refractivity contribution < 1.29 is 4.79 Å². The molecular formula is C18H28N6O. The molecule has 3 fully saturated rings. The maximum Gasteiger partial charge on any atom is 0.226 e. The number of piperidine rings is 1. The van der Waals surface area contributed by atoms with Gasteiger partial charge in [-0.3, -0.25) is 4.79 Å². The lowest BCUT2D eigenvalue weighted by molar-refractivity contribution is -0.133. The third-order valence-corrected chi connectivity index (χ3v) is 6.03. The van der Waals surface area contributed by atoms with Gasteiger partial charge in [0.25, 0.3) is 0 Å². The Bertz CT molecular complexity index is 634. The molecule has 7 nitrogen and oxygen atoms in total. The molecule has 25 heavy (non-hydrogen) atoms. The van der Waals surface area contributed by atoms with Crippen molar-refractivity contribution in [3.63, 3.8) is 0 Å². The summed E-state index contributed by atoms with van der Waals surface area (Å²) in [5.41, 5.74) is 0.326. The highest BCUT2D eigenvalue weighted by atomic mass is 16.2. The highest BCUT2D eigenvalue weighted by Crippen LogP contribution is 2.59. The maximum absolute atomic E-state index is 12.9. The Kier molecular flexibility index (Phi) is 4.27. The molecule has 1 aromatic heterocycles. The number of piperazine rings is 1. The topological polar surface area (TPSA) is 64.6 Å². The van der Waals surface area contributed by atoms with Crippen LogP contribution in [0.1, 0.15) is 19.3 Å². The summed E-state index contributed by atoms with van der Waals surface area (Å²) in [6.07, 6.45) is 5.24. The van der Waals surface area contributed by atoms with Gasteiger partial charge in [-0.1, -0.05) is 0 Å². The zero-order chi connectivity index (χ0) is 17.4. The predicted molar refractivity (Wildman–Crippen MR) is 97.8 cm³/mol. The average molecular weight is 344 g/mol. The van der Waals surface area contributed by atoms with Gasteiger partial charge in [-0.05, 0) is 43.8 Å². The molecule has 2 aliphatic heterocycles. The van der Waals surface area contributed by atoms with Crippen LogP contribution in [0.2, 0.25) is 0 Å². The number of nitrogens with one attached hydrogen (secondary N) is 1. The van der Waals surface area contributed by atoms with E-state index in [1.54, 1.807) is 6.20 Å². The molecule has 3 aliphatic rings. The normalized spacial score (nSPS) is 25.1. The van der Waals surface area contributed by atoms with Crippen LogP contribution in [0.25, 0.3) is 0 Å². The molecule has 1 aliphatic carbocycles. The maximum atomic E-state index is 12.9. The van der Waals surface area contributed by atoms with Gasteiger partial charge in [0.15, 0.2) is 0 Å². The van der Waals surface area contributed by atoms with Gasteiger partial charge >= 0.3 is 0 Å². The summed E-state index contributed by atoms with van der Waals surface area (Å²) in [6, 6.07) is 1.95. The summed E-state index contributed by atoms with van der Waals surface area (Å²) >= 11 is 0. The van der Waals surface area contributed by atoms with Crippen LogP contribution in [-0.4, -0.2) is 74.1 Å². The number of carbonyl (C=O) groups excluding carboxylic acids is 1. The van der Waals surface area contributed by atoms with E-state index in [1.165, 1.54) is 0 Å². The lowest BCUT2D eigenvalue weighted by Crippen LogP contribution is -2.50. The van der Waals surface area contributed by atoms with Crippen molar-refractivity contribution in [3.05, 3.63) is 12.3 Å². The summed E-state index contributed by atoms with van der Waals surface area (Å²) in [6.45, 7) is 5.42. The molecule has 0 bridgehead atoms. The molecule has 3 heterocycles. The van der Waals surface area contributed by atoms with Gasteiger partial charge in [0.1, 0.15) is 5.82 Å². The number of carbonyl (C=O) groups is 1. The number of rotatable bonds is 3. The highest BCUT2D eigenvalue weighted by molar-refractivity contribution is 5.83. The fraction of sp³-hybridized carbons (Fsp3) is 0.722. The van der Waals surface area contributed by atoms with Crippen LogP contribution in [0.3, 0.4) is 0 Å². The third-order valence-electron chi connectivity index (χ3n) is 6.03. The Morgan fingerprint density at radius 1 is 1.24 bits per heavy atom. The number of nitrogens with zero attached hydrogens (tertiary/aromatic N) is 5. The van der Waals surface area contributed by atoms with Gasteiger partial charge in [-0.2, -0.15) is 4.98 Å². The Labute approximate surface area is 149 Å². The third kappa shape index (κ3) is 3.17. The highest BCUT2D eigenvalue weighted by Gasteiger charge is 2.58. The van der Waals surface area contributed by atoms with E-state index in [-0.39, 0.29) is 5.92 Å². The van der Waals surface area contributed by atoms with Gasteiger partial charge in [0, 0.05) is 52.4 Å². The first-order valence-electron chi connectivity index (χ1n) is 9.34. The fourth-order valence-electron chi connectivity index (χ4n) is 4.28. The largest absolute Gasteiger partial charge is 0.353 e. The second-order valence-electron chi connectivity index (χ2n) is 7.79. The molecule has 1 N–H and O–H groups in total. The Morgan fingerprint density at radius 3 is 2.64 bits per heavy atom. The number of aromatic nitrogens is 2. The summed E-state index contributed by atoms with van der Waals surface area (Å²) in [5.74, 6) is 2.34. The van der Waals surface area contributed by atoms with Crippen LogP contribution in [-0.2, 0) is 4.79 Å². The van der Waals surface area contributed by atoms with E-state index >= 15 is 0 Å². The van der Waals surface area contributed by atoms with Crippen molar-refractivity contribution in [2.75, 3.05) is 63.2 Å². The van der Waals surface area contributed by atoms with Gasteiger partial charge in [-0.15, -0.1) is 0 Å². The Balaban J connectivity index is 1.34. The molecule has 1 unspecified atom stereocenters. The Morgan fingerprint density at radius 2 is 1.96 bits per heavy atom. The van der Waals surface area contributed by atoms with Gasteiger partial charge in [0.2, 0.25) is 11.9 Å². The van der Waals surface area contributed by atoms with Crippen molar-refractivity contribution >= 4 is 17.7 Å². The van der Waals surface area contributed by atoms with E-state index in [0.717, 1.165) is 70.3 Å². The summed E-state index contributed by atoms with van der Waals surface area (Å²) in [7, 11) is 3.89. The van der Waals surface area contributed by atoms with Crippen molar-refractivity contribution in [2.45, 2.75) is 19.3 Å². The number of amides is 1. The van der Waals surface area contributed by atoms with Crippen molar-refractivity contribution in [2.24, 2.45) is 11.3 Å². The van der Waals surface area contributed by atoms with Crippen LogP contribution in [0.15, 0.2) is 12.3 Å². The molecular weight excluding hydrogens is 316 g/mol. The number of anilines is 2. The summed E-state index contributed by atoms with van der Waals surface area (Å²) in [5, 5.41) is 3.41. The number of hydrogen-bond acceptors (Lipinski definition) is 6. The predicted octanol–water partition coefficient (Wildman–Crippen LogP) is 0.581. The van der Waals surface area contributed by atoms with Crippen molar-refractivity contribution in [3.8, 4) is 0 Å². The first-order valence-corrected chi connectivity index (χ1v) is 9.34. The zero-order valence-corrected chi connectivity index (χ0v) is 15.2. The van der Waals surface area contributed by atoms with E-state index in [4.69, 9.17) is 0 Å². The fourth-order valence-corrected chi connectivity index (χ4v) is 4.28. The van der Waals surface area contributed by atoms with Crippen LogP contribution < -0.4 is 15.1 Å². The quantitative estimate of drug-likeness (QED) is 0.865. The van der Waals surface area contributed by atoms with Gasteiger partial charge < -0.3 is 20.0 Å². The standard InChI is InChI=1S/C18H28N6O/c1-22(2)17-20-6-3-15(21-17)23-9-11-24(12-10-23)16(25)14-13-18(14)4-7-19-8-5-18/h3,6,14,19H,4-5,7-13H2,1-2H3. The first-order chi connectivity index (χ1) is 12.1. The molecule has 0 radical (unpaired) electrons. The lowest BCUT2D eigenvalue weighted by Gasteiger charge is -2.36. The number of hydrogen-bond donors (Lipinski definition) is 1. The van der Waals surface area contributed by atoms with Crippen molar-refractivity contribution in [1.29, 1.82) is 0 Å². The van der Waals surface area contributed by atoms with Gasteiger partial charge in [-0.25, -0.2) is 4.98 Å². The minimum Gasteiger partial charge on any atom is -0.353 e. The van der Waals surface area contributed by atoms with Crippen LogP contribution in [0.5, 0.6) is 0 Å². The minimum atomic E-state index is 0.278. The first kappa shape index (κ1) is 16.6. The minimum absolute atomic E-state index is 0.278. The van der Waals surface area contributed by atoms with Crippen LogP contribution in [0.4, 0.5) is 11.8 Å². The Hall–Kier alpha value is -1.89. The second kappa shape index (κ2) is 6.44. The lowest BCUT2D eigenvalue weighted by atomic mass is 9.91. The smallest absolute Gasteiger partial charge is 0.226 e. The van der Waals surface area contributed by atoms with Crippen LogP contribution >= 0.6 is 0 Å². The van der Waals surface area contributed by atoms with Gasteiger partial charge in [0.05, 0.1) is 0 Å². The molecule has 136 valence electrons. The molecule has 0 aromatic carbocycles. The monoisotopic (exact) mass is 344 g/mol. The van der Waals surface area contributed by atoms with E-state index in [1.807, 2.05) is 25.1 Å². The molecule has 1 saturated carbocycles. The average Bonchev–Trinajstić information content (AvgIpc) is 3.34. The summed E-state index contributed by atoms with van der Waals surface area (Å²) in [4.78, 5) is 28.0. The zero-order valence-electron chi connectivity index (χ0n) is 15.2. The molecule has 1 atom stereocenters. The van der Waals surface area contributed by atoms with E-state index in [0.29, 0.717) is 11.3 Å².